The SMILES string of the molecule is CNCc1c(C)nn(Cc2cc(OC)cc(C)n2)c1C. The predicted molar refractivity (Wildman–Crippen MR) is 79.1 cm³/mol. The number of methoxy groups -OCH3 is 1. The minimum atomic E-state index is 0.661. The van der Waals surface area contributed by atoms with Gasteiger partial charge in [-0.05, 0) is 27.8 Å². The highest BCUT2D eigenvalue weighted by Gasteiger charge is 2.12. The number of nitrogens with zero attached hydrogens (tertiary/aromatic N) is 3. The highest BCUT2D eigenvalue weighted by atomic mass is 16.5. The van der Waals surface area contributed by atoms with Gasteiger partial charge in [0.25, 0.3) is 0 Å². The molecule has 0 aromatic carbocycles. The zero-order valence-corrected chi connectivity index (χ0v) is 12.8. The van der Waals surface area contributed by atoms with Crippen molar-refractivity contribution in [1.82, 2.24) is 20.1 Å². The zero-order chi connectivity index (χ0) is 14.7. The molecule has 5 heteroatoms. The molecule has 5 nitrogen and oxygen atoms in total. The van der Waals surface area contributed by atoms with Crippen molar-refractivity contribution in [3.8, 4) is 5.75 Å². The fraction of sp³-hybridized carbons (Fsp3) is 0.467. The molecule has 0 fully saturated rings. The van der Waals surface area contributed by atoms with Crippen molar-refractivity contribution in [2.45, 2.75) is 33.9 Å². The smallest absolute Gasteiger partial charge is 0.122 e. The second kappa shape index (κ2) is 6.05. The predicted octanol–water partition coefficient (Wildman–Crippen LogP) is 1.98. The highest BCUT2D eigenvalue weighted by Crippen LogP contribution is 2.17. The van der Waals surface area contributed by atoms with E-state index in [0.717, 1.165) is 29.4 Å². The van der Waals surface area contributed by atoms with E-state index >= 15 is 0 Å². The first-order chi connectivity index (χ1) is 9.55. The second-order valence-corrected chi connectivity index (χ2v) is 4.98. The summed E-state index contributed by atoms with van der Waals surface area (Å²) < 4.78 is 7.29. The van der Waals surface area contributed by atoms with Crippen molar-refractivity contribution in [2.24, 2.45) is 0 Å². The normalized spacial score (nSPS) is 10.8. The Bertz CT molecular complexity index is 604. The maximum Gasteiger partial charge on any atom is 0.122 e. The Morgan fingerprint density at radius 2 is 2.00 bits per heavy atom. The quantitative estimate of drug-likeness (QED) is 0.906. The largest absolute Gasteiger partial charge is 0.497 e. The van der Waals surface area contributed by atoms with Crippen LogP contribution in [0.2, 0.25) is 0 Å². The Morgan fingerprint density at radius 1 is 1.25 bits per heavy atom. The van der Waals surface area contributed by atoms with Gasteiger partial charge >= 0.3 is 0 Å². The van der Waals surface area contributed by atoms with Crippen LogP contribution in [0.5, 0.6) is 5.75 Å². The molecule has 1 N–H and O–H groups in total. The number of rotatable bonds is 5. The average molecular weight is 274 g/mol. The standard InChI is InChI=1S/C15H22N4O/c1-10-6-14(20-5)7-13(17-10)9-19-12(3)15(8-16-4)11(2)18-19/h6-7,16H,8-9H2,1-5H3. The van der Waals surface area contributed by atoms with Gasteiger partial charge in [0, 0.05) is 35.6 Å². The van der Waals surface area contributed by atoms with Gasteiger partial charge in [0.15, 0.2) is 0 Å². The van der Waals surface area contributed by atoms with E-state index in [1.807, 2.05) is 37.7 Å². The van der Waals surface area contributed by atoms with Crippen molar-refractivity contribution in [1.29, 1.82) is 0 Å². The van der Waals surface area contributed by atoms with Crippen molar-refractivity contribution in [3.63, 3.8) is 0 Å². The molecule has 0 saturated heterocycles. The number of hydrogen-bond donors (Lipinski definition) is 1. The highest BCUT2D eigenvalue weighted by molar-refractivity contribution is 5.28. The van der Waals surface area contributed by atoms with Crippen LogP contribution >= 0.6 is 0 Å². The third-order valence-corrected chi connectivity index (χ3v) is 3.41. The molecule has 0 bridgehead atoms. The molecule has 0 spiro atoms. The van der Waals surface area contributed by atoms with E-state index in [4.69, 9.17) is 4.74 Å². The summed E-state index contributed by atoms with van der Waals surface area (Å²) in [5, 5.41) is 7.79. The van der Waals surface area contributed by atoms with Crippen LogP contribution in [0, 0.1) is 20.8 Å². The van der Waals surface area contributed by atoms with Gasteiger partial charge < -0.3 is 10.1 Å². The number of pyridine rings is 1. The van der Waals surface area contributed by atoms with Crippen LogP contribution in [0.3, 0.4) is 0 Å². The van der Waals surface area contributed by atoms with Crippen LogP contribution < -0.4 is 10.1 Å². The fourth-order valence-corrected chi connectivity index (χ4v) is 2.38. The van der Waals surface area contributed by atoms with Gasteiger partial charge in [-0.1, -0.05) is 0 Å². The first-order valence-electron chi connectivity index (χ1n) is 6.74. The van der Waals surface area contributed by atoms with Crippen molar-refractivity contribution < 1.29 is 4.74 Å². The van der Waals surface area contributed by atoms with Crippen LogP contribution in [0.1, 0.15) is 28.3 Å². The summed E-state index contributed by atoms with van der Waals surface area (Å²) in [7, 11) is 3.62. The number of ether oxygens (including phenoxy) is 1. The maximum atomic E-state index is 5.29. The molecule has 2 rings (SSSR count). The van der Waals surface area contributed by atoms with Crippen molar-refractivity contribution in [2.75, 3.05) is 14.2 Å². The minimum Gasteiger partial charge on any atom is -0.497 e. The molecule has 0 aliphatic heterocycles. The van der Waals surface area contributed by atoms with E-state index in [-0.39, 0.29) is 0 Å². The van der Waals surface area contributed by atoms with Gasteiger partial charge in [0.1, 0.15) is 5.75 Å². The van der Waals surface area contributed by atoms with Crippen molar-refractivity contribution in [3.05, 3.63) is 40.5 Å². The summed E-state index contributed by atoms with van der Waals surface area (Å²) in [5.74, 6) is 0.837. The van der Waals surface area contributed by atoms with Gasteiger partial charge in [-0.25, -0.2) is 0 Å². The van der Waals surface area contributed by atoms with Crippen LogP contribution in [-0.4, -0.2) is 28.9 Å². The summed E-state index contributed by atoms with van der Waals surface area (Å²) in [4.78, 5) is 4.55. The minimum absolute atomic E-state index is 0.661. The van der Waals surface area contributed by atoms with Gasteiger partial charge in [0.2, 0.25) is 0 Å². The third-order valence-electron chi connectivity index (χ3n) is 3.41. The lowest BCUT2D eigenvalue weighted by Crippen LogP contribution is -2.09. The Kier molecular flexibility index (Phi) is 4.39. The van der Waals surface area contributed by atoms with Crippen LogP contribution in [0.4, 0.5) is 0 Å². The Labute approximate surface area is 120 Å². The van der Waals surface area contributed by atoms with Crippen molar-refractivity contribution >= 4 is 0 Å². The topological polar surface area (TPSA) is 52.0 Å². The molecule has 0 amide bonds. The van der Waals surface area contributed by atoms with E-state index in [1.165, 1.54) is 11.3 Å². The Hall–Kier alpha value is -1.88. The molecule has 0 aliphatic carbocycles. The lowest BCUT2D eigenvalue weighted by Gasteiger charge is -2.08. The first kappa shape index (κ1) is 14.5. The monoisotopic (exact) mass is 274 g/mol. The van der Waals surface area contributed by atoms with E-state index < -0.39 is 0 Å². The Morgan fingerprint density at radius 3 is 2.65 bits per heavy atom. The van der Waals surface area contributed by atoms with Crippen LogP contribution in [0.15, 0.2) is 12.1 Å². The average Bonchev–Trinajstić information content (AvgIpc) is 2.66. The molecule has 0 aliphatic rings. The lowest BCUT2D eigenvalue weighted by molar-refractivity contribution is 0.412. The molecule has 2 aromatic heterocycles. The second-order valence-electron chi connectivity index (χ2n) is 4.98. The Balaban J connectivity index is 2.30. The molecular formula is C15H22N4O. The van der Waals surface area contributed by atoms with Crippen LogP contribution in [-0.2, 0) is 13.1 Å². The fourth-order valence-electron chi connectivity index (χ4n) is 2.38. The van der Waals surface area contributed by atoms with Crippen LogP contribution in [0.25, 0.3) is 0 Å². The number of aryl methyl sites for hydroxylation is 2. The van der Waals surface area contributed by atoms with Gasteiger partial charge in [0.05, 0.1) is 25.0 Å². The summed E-state index contributed by atoms with van der Waals surface area (Å²) >= 11 is 0. The lowest BCUT2D eigenvalue weighted by atomic mass is 10.2. The summed E-state index contributed by atoms with van der Waals surface area (Å²) in [5.41, 5.74) is 5.42. The molecule has 0 radical (unpaired) electrons. The zero-order valence-electron chi connectivity index (χ0n) is 12.8. The van der Waals surface area contributed by atoms with Gasteiger partial charge in [-0.2, -0.15) is 5.10 Å². The third kappa shape index (κ3) is 2.99. The summed E-state index contributed by atoms with van der Waals surface area (Å²) in [6.45, 7) is 7.61. The van der Waals surface area contributed by atoms with Gasteiger partial charge in [-0.15, -0.1) is 0 Å². The number of nitrogens with one attached hydrogen (secondary N) is 1. The number of aromatic nitrogens is 3. The van der Waals surface area contributed by atoms with E-state index in [0.29, 0.717) is 6.54 Å². The first-order valence-corrected chi connectivity index (χ1v) is 6.74. The van der Waals surface area contributed by atoms with E-state index in [9.17, 15) is 0 Å². The van der Waals surface area contributed by atoms with E-state index in [1.54, 1.807) is 7.11 Å². The molecule has 0 atom stereocenters. The molecule has 0 unspecified atom stereocenters. The van der Waals surface area contributed by atoms with E-state index in [2.05, 4.69) is 22.3 Å². The van der Waals surface area contributed by atoms with Gasteiger partial charge in [-0.3, -0.25) is 9.67 Å². The molecule has 0 saturated carbocycles. The summed E-state index contributed by atoms with van der Waals surface area (Å²) in [6.07, 6.45) is 0. The molecule has 20 heavy (non-hydrogen) atoms. The molecule has 2 heterocycles. The summed E-state index contributed by atoms with van der Waals surface area (Å²) in [6, 6.07) is 3.89. The number of hydrogen-bond acceptors (Lipinski definition) is 4. The molecule has 2 aromatic rings. The maximum absolute atomic E-state index is 5.29. The molecular weight excluding hydrogens is 252 g/mol. The molecule has 108 valence electrons.